The van der Waals surface area contributed by atoms with Crippen LogP contribution in [0.2, 0.25) is 5.02 Å². The Morgan fingerprint density at radius 2 is 1.92 bits per heavy atom. The lowest BCUT2D eigenvalue weighted by atomic mass is 9.78. The molecule has 0 aliphatic carbocycles. The summed E-state index contributed by atoms with van der Waals surface area (Å²) in [4.78, 5) is 22.9. The molecule has 1 fully saturated rings. The number of rotatable bonds is 3. The SMILES string of the molecule is CC1(C)OB(c2cc(Cl)c3c(=O)[nH]nc(CNC(=O)O)c3c2)OC1(C)C. The standard InChI is InChI=1S/C16H19BClN3O5/c1-15(2)16(3,4)26-17(25-15)8-5-9-11(7-19-14(23)24)20-21-13(22)12(9)10(18)6-8/h5-6,19H,7H2,1-4H3,(H,21,22)(H,23,24). The summed E-state index contributed by atoms with van der Waals surface area (Å²) in [6.45, 7) is 7.66. The maximum Gasteiger partial charge on any atom is 0.494 e. The average molecular weight is 380 g/mol. The van der Waals surface area contributed by atoms with Gasteiger partial charge in [-0.05, 0) is 39.2 Å². The lowest BCUT2D eigenvalue weighted by Gasteiger charge is -2.32. The minimum Gasteiger partial charge on any atom is -0.465 e. The number of H-pyrrole nitrogens is 1. The minimum atomic E-state index is -1.20. The second-order valence-corrected chi connectivity index (χ2v) is 7.58. The van der Waals surface area contributed by atoms with Crippen molar-refractivity contribution in [1.82, 2.24) is 15.5 Å². The van der Waals surface area contributed by atoms with E-state index in [1.54, 1.807) is 12.1 Å². The van der Waals surface area contributed by atoms with Crippen LogP contribution in [0.25, 0.3) is 10.8 Å². The highest BCUT2D eigenvalue weighted by Gasteiger charge is 2.51. The van der Waals surface area contributed by atoms with Crippen LogP contribution in [-0.2, 0) is 15.9 Å². The van der Waals surface area contributed by atoms with Crippen LogP contribution in [0.1, 0.15) is 33.4 Å². The number of aromatic nitrogens is 2. The highest BCUT2D eigenvalue weighted by Crippen LogP contribution is 2.37. The van der Waals surface area contributed by atoms with E-state index in [4.69, 9.17) is 26.0 Å². The van der Waals surface area contributed by atoms with E-state index < -0.39 is 30.0 Å². The molecule has 1 aliphatic rings. The molecule has 0 saturated carbocycles. The monoisotopic (exact) mass is 379 g/mol. The van der Waals surface area contributed by atoms with Crippen molar-refractivity contribution in [1.29, 1.82) is 0 Å². The predicted octanol–water partition coefficient (Wildman–Crippen LogP) is 1.64. The predicted molar refractivity (Wildman–Crippen MR) is 98.0 cm³/mol. The van der Waals surface area contributed by atoms with Gasteiger partial charge in [0, 0.05) is 5.39 Å². The fraction of sp³-hybridized carbons (Fsp3) is 0.438. The Kier molecular flexibility index (Phi) is 4.50. The maximum absolute atomic E-state index is 12.1. The minimum absolute atomic E-state index is 0.0776. The first-order valence-electron chi connectivity index (χ1n) is 8.05. The molecule has 1 amide bonds. The molecule has 1 aromatic carbocycles. The van der Waals surface area contributed by atoms with Crippen LogP contribution in [0.5, 0.6) is 0 Å². The van der Waals surface area contributed by atoms with Gasteiger partial charge in [-0.25, -0.2) is 9.89 Å². The molecule has 8 nitrogen and oxygen atoms in total. The first-order valence-corrected chi connectivity index (χ1v) is 8.43. The fourth-order valence-corrected chi connectivity index (χ4v) is 3.04. The van der Waals surface area contributed by atoms with E-state index in [9.17, 15) is 9.59 Å². The van der Waals surface area contributed by atoms with Gasteiger partial charge in [-0.2, -0.15) is 5.10 Å². The third kappa shape index (κ3) is 3.18. The van der Waals surface area contributed by atoms with Crippen molar-refractivity contribution in [3.8, 4) is 0 Å². The van der Waals surface area contributed by atoms with Gasteiger partial charge in [0.15, 0.2) is 0 Å². The largest absolute Gasteiger partial charge is 0.494 e. The number of carbonyl (C=O) groups is 1. The number of hydrogen-bond donors (Lipinski definition) is 3. The molecule has 0 bridgehead atoms. The van der Waals surface area contributed by atoms with Gasteiger partial charge in [0.1, 0.15) is 0 Å². The van der Waals surface area contributed by atoms with E-state index >= 15 is 0 Å². The third-order valence-corrected chi connectivity index (χ3v) is 5.17. The van der Waals surface area contributed by atoms with Crippen molar-refractivity contribution in [2.45, 2.75) is 45.4 Å². The third-order valence-electron chi connectivity index (χ3n) is 4.88. The first-order chi connectivity index (χ1) is 12.0. The number of fused-ring (bicyclic) bond motifs is 1. The van der Waals surface area contributed by atoms with Crippen molar-refractivity contribution in [2.24, 2.45) is 0 Å². The summed E-state index contributed by atoms with van der Waals surface area (Å²) in [6.07, 6.45) is -1.20. The highest BCUT2D eigenvalue weighted by atomic mass is 35.5. The van der Waals surface area contributed by atoms with Crippen LogP contribution in [0.4, 0.5) is 4.79 Å². The molecular weight excluding hydrogens is 360 g/mol. The van der Waals surface area contributed by atoms with Crippen LogP contribution in [-0.4, -0.2) is 39.7 Å². The number of hydrogen-bond acceptors (Lipinski definition) is 5. The summed E-state index contributed by atoms with van der Waals surface area (Å²) in [6, 6.07) is 3.32. The quantitative estimate of drug-likeness (QED) is 0.699. The number of carboxylic acid groups (broad SMARTS) is 1. The number of nitrogens with zero attached hydrogens (tertiary/aromatic N) is 1. The summed E-state index contributed by atoms with van der Waals surface area (Å²) in [5.74, 6) is 0. The molecule has 3 rings (SSSR count). The van der Waals surface area contributed by atoms with E-state index in [-0.39, 0.29) is 17.0 Å². The summed E-state index contributed by atoms with van der Waals surface area (Å²) < 4.78 is 12.1. The highest BCUT2D eigenvalue weighted by molar-refractivity contribution is 6.63. The molecule has 1 aliphatic heterocycles. The Labute approximate surface area is 155 Å². The summed E-state index contributed by atoms with van der Waals surface area (Å²) in [5, 5.41) is 18.2. The normalized spacial score (nSPS) is 18.3. The van der Waals surface area contributed by atoms with Crippen LogP contribution >= 0.6 is 11.6 Å². The molecule has 3 N–H and O–H groups in total. The number of nitrogens with one attached hydrogen (secondary N) is 2. The fourth-order valence-electron chi connectivity index (χ4n) is 2.73. The molecule has 138 valence electrons. The molecule has 2 aromatic rings. The maximum atomic E-state index is 12.1. The topological polar surface area (TPSA) is 114 Å². The average Bonchev–Trinajstić information content (AvgIpc) is 2.74. The summed E-state index contributed by atoms with van der Waals surface area (Å²) >= 11 is 6.33. The number of halogens is 1. The molecule has 10 heteroatoms. The zero-order valence-electron chi connectivity index (χ0n) is 14.8. The molecule has 26 heavy (non-hydrogen) atoms. The van der Waals surface area contributed by atoms with Gasteiger partial charge < -0.3 is 19.7 Å². The molecule has 0 unspecified atom stereocenters. The van der Waals surface area contributed by atoms with Crippen molar-refractivity contribution in [3.63, 3.8) is 0 Å². The molecule has 0 atom stereocenters. The molecule has 1 aromatic heterocycles. The second kappa shape index (κ2) is 6.26. The van der Waals surface area contributed by atoms with Crippen LogP contribution in [0.15, 0.2) is 16.9 Å². The Bertz CT molecular complexity index is 927. The van der Waals surface area contributed by atoms with Crippen LogP contribution in [0, 0.1) is 0 Å². The Morgan fingerprint density at radius 3 is 2.50 bits per heavy atom. The van der Waals surface area contributed by atoms with Gasteiger partial charge in [0.2, 0.25) is 0 Å². The Balaban J connectivity index is 2.10. The number of benzene rings is 1. The van der Waals surface area contributed by atoms with Crippen molar-refractivity contribution < 1.29 is 19.2 Å². The molecule has 1 saturated heterocycles. The van der Waals surface area contributed by atoms with Gasteiger partial charge >= 0.3 is 13.2 Å². The molecule has 2 heterocycles. The zero-order chi connectivity index (χ0) is 19.3. The van der Waals surface area contributed by atoms with Gasteiger partial charge in [-0.15, -0.1) is 0 Å². The van der Waals surface area contributed by atoms with E-state index in [1.165, 1.54) is 0 Å². The zero-order valence-corrected chi connectivity index (χ0v) is 15.6. The number of amides is 1. The van der Waals surface area contributed by atoms with Crippen LogP contribution in [0.3, 0.4) is 0 Å². The summed E-state index contributed by atoms with van der Waals surface area (Å²) in [7, 11) is -0.665. The lowest BCUT2D eigenvalue weighted by molar-refractivity contribution is 0.00578. The lowest BCUT2D eigenvalue weighted by Crippen LogP contribution is -2.41. The van der Waals surface area contributed by atoms with Gasteiger partial charge in [0.05, 0.1) is 33.8 Å². The molecular formula is C16H19BClN3O5. The van der Waals surface area contributed by atoms with Gasteiger partial charge in [-0.3, -0.25) is 4.79 Å². The van der Waals surface area contributed by atoms with Crippen molar-refractivity contribution >= 4 is 41.0 Å². The van der Waals surface area contributed by atoms with E-state index in [2.05, 4.69) is 15.5 Å². The van der Waals surface area contributed by atoms with E-state index in [1.807, 2.05) is 27.7 Å². The molecule has 0 spiro atoms. The Morgan fingerprint density at radius 1 is 1.31 bits per heavy atom. The van der Waals surface area contributed by atoms with Gasteiger partial charge in [-0.1, -0.05) is 17.7 Å². The smallest absolute Gasteiger partial charge is 0.465 e. The van der Waals surface area contributed by atoms with Crippen LogP contribution < -0.4 is 16.3 Å². The molecule has 0 radical (unpaired) electrons. The first kappa shape index (κ1) is 18.7. The van der Waals surface area contributed by atoms with E-state index in [0.29, 0.717) is 16.5 Å². The van der Waals surface area contributed by atoms with Gasteiger partial charge in [0.25, 0.3) is 5.56 Å². The van der Waals surface area contributed by atoms with E-state index in [0.717, 1.165) is 0 Å². The Hall–Kier alpha value is -2.10. The van der Waals surface area contributed by atoms with Crippen molar-refractivity contribution in [2.75, 3.05) is 0 Å². The number of aromatic amines is 1. The second-order valence-electron chi connectivity index (χ2n) is 7.17. The summed E-state index contributed by atoms with van der Waals surface area (Å²) in [5.41, 5.74) is -0.532. The van der Waals surface area contributed by atoms with Crippen molar-refractivity contribution in [3.05, 3.63) is 33.2 Å².